The lowest BCUT2D eigenvalue weighted by Gasteiger charge is -2.06. The van der Waals surface area contributed by atoms with Crippen molar-refractivity contribution in [1.82, 2.24) is 5.32 Å². The average molecular weight is 174 g/mol. The van der Waals surface area contributed by atoms with Crippen LogP contribution in [-0.4, -0.2) is 6.54 Å². The minimum atomic E-state index is -0.164. The van der Waals surface area contributed by atoms with Crippen LogP contribution < -0.4 is 5.32 Å². The van der Waals surface area contributed by atoms with Crippen LogP contribution in [0.15, 0.2) is 11.3 Å². The van der Waals surface area contributed by atoms with Crippen LogP contribution in [0, 0.1) is 39.9 Å². The maximum Gasteiger partial charge on any atom is 0.163 e. The third kappa shape index (κ3) is 3.79. The lowest BCUT2D eigenvalue weighted by Crippen LogP contribution is -2.19. The van der Waals surface area contributed by atoms with Gasteiger partial charge in [0, 0.05) is 6.54 Å². The Kier molecular flexibility index (Phi) is 4.77. The summed E-state index contributed by atoms with van der Waals surface area (Å²) in [6.45, 7) is 4.52. The summed E-state index contributed by atoms with van der Waals surface area (Å²) in [5.41, 5.74) is -0.109. The molecule has 0 bridgehead atoms. The van der Waals surface area contributed by atoms with Crippen molar-refractivity contribution in [2.24, 2.45) is 5.92 Å². The highest BCUT2D eigenvalue weighted by Crippen LogP contribution is 1.99. The molecule has 4 heteroatoms. The Hall–Kier alpha value is -1.99. The van der Waals surface area contributed by atoms with E-state index >= 15 is 0 Å². The van der Waals surface area contributed by atoms with Crippen LogP contribution in [0.25, 0.3) is 0 Å². The first-order valence-electron chi connectivity index (χ1n) is 3.84. The van der Waals surface area contributed by atoms with Gasteiger partial charge in [-0.2, -0.15) is 15.8 Å². The molecule has 0 fully saturated rings. The number of allylic oxidation sites excluding steroid dienone is 2. The Labute approximate surface area is 77.7 Å². The summed E-state index contributed by atoms with van der Waals surface area (Å²) in [7, 11) is 0. The second-order valence-corrected chi connectivity index (χ2v) is 2.86. The van der Waals surface area contributed by atoms with Crippen molar-refractivity contribution in [3.05, 3.63) is 11.3 Å². The van der Waals surface area contributed by atoms with E-state index in [2.05, 4.69) is 5.32 Å². The SMILES string of the molecule is CC(C)CNC(C#N)=C(C#N)C#N. The van der Waals surface area contributed by atoms with Crippen molar-refractivity contribution in [2.45, 2.75) is 13.8 Å². The molecule has 1 N–H and O–H groups in total. The van der Waals surface area contributed by atoms with Crippen molar-refractivity contribution < 1.29 is 0 Å². The average Bonchev–Trinajstić information content (AvgIpc) is 2.11. The minimum absolute atomic E-state index is 0.0544. The van der Waals surface area contributed by atoms with Gasteiger partial charge in [-0.15, -0.1) is 0 Å². The normalized spacial score (nSPS) is 8.00. The molecule has 0 aliphatic carbocycles. The summed E-state index contributed by atoms with van der Waals surface area (Å²) in [5.74, 6) is 0.363. The van der Waals surface area contributed by atoms with Gasteiger partial charge >= 0.3 is 0 Å². The molecule has 0 aliphatic rings. The largest absolute Gasteiger partial charge is 0.375 e. The number of hydrogen-bond acceptors (Lipinski definition) is 4. The van der Waals surface area contributed by atoms with E-state index in [1.165, 1.54) is 0 Å². The van der Waals surface area contributed by atoms with Gasteiger partial charge in [-0.3, -0.25) is 0 Å². The maximum atomic E-state index is 8.60. The Bertz CT molecular complexity index is 303. The summed E-state index contributed by atoms with van der Waals surface area (Å²) in [6.07, 6.45) is 0. The van der Waals surface area contributed by atoms with Crippen molar-refractivity contribution in [2.75, 3.05) is 6.54 Å². The van der Waals surface area contributed by atoms with Crippen LogP contribution in [-0.2, 0) is 0 Å². The molecule has 13 heavy (non-hydrogen) atoms. The smallest absolute Gasteiger partial charge is 0.163 e. The molecule has 0 saturated heterocycles. The fourth-order valence-electron chi connectivity index (χ4n) is 0.627. The highest BCUT2D eigenvalue weighted by molar-refractivity contribution is 5.44. The lowest BCUT2D eigenvalue weighted by atomic mass is 10.2. The molecule has 0 aromatic rings. The first-order valence-corrected chi connectivity index (χ1v) is 3.84. The van der Waals surface area contributed by atoms with Gasteiger partial charge in [0.15, 0.2) is 5.57 Å². The van der Waals surface area contributed by atoms with Crippen LogP contribution in [0.1, 0.15) is 13.8 Å². The van der Waals surface area contributed by atoms with Gasteiger partial charge in [0.25, 0.3) is 0 Å². The number of nitrogens with one attached hydrogen (secondary N) is 1. The number of nitriles is 3. The van der Waals surface area contributed by atoms with Gasteiger partial charge in [0.2, 0.25) is 0 Å². The van der Waals surface area contributed by atoms with E-state index in [-0.39, 0.29) is 11.3 Å². The molecule has 0 saturated carbocycles. The van der Waals surface area contributed by atoms with Crippen molar-refractivity contribution in [1.29, 1.82) is 15.8 Å². The van der Waals surface area contributed by atoms with Crippen molar-refractivity contribution >= 4 is 0 Å². The zero-order chi connectivity index (χ0) is 10.3. The van der Waals surface area contributed by atoms with Gasteiger partial charge in [0.1, 0.15) is 23.9 Å². The molecule has 0 atom stereocenters. The first kappa shape index (κ1) is 11.0. The highest BCUT2D eigenvalue weighted by atomic mass is 14.9. The molecule has 0 aliphatic heterocycles. The monoisotopic (exact) mass is 174 g/mol. The van der Waals surface area contributed by atoms with Crippen molar-refractivity contribution in [3.63, 3.8) is 0 Å². The van der Waals surface area contributed by atoms with Gasteiger partial charge < -0.3 is 5.32 Å². The van der Waals surface area contributed by atoms with Crippen LogP contribution in [0.5, 0.6) is 0 Å². The molecule has 0 heterocycles. The molecule has 66 valence electrons. The molecule has 0 spiro atoms. The molecule has 0 aromatic heterocycles. The number of hydrogen-bond donors (Lipinski definition) is 1. The Morgan fingerprint density at radius 1 is 1.15 bits per heavy atom. The highest BCUT2D eigenvalue weighted by Gasteiger charge is 2.04. The van der Waals surface area contributed by atoms with Crippen LogP contribution in [0.4, 0.5) is 0 Å². The second kappa shape index (κ2) is 5.63. The fourth-order valence-corrected chi connectivity index (χ4v) is 0.627. The zero-order valence-corrected chi connectivity index (χ0v) is 7.63. The van der Waals surface area contributed by atoms with E-state index in [9.17, 15) is 0 Å². The predicted molar refractivity (Wildman–Crippen MR) is 46.7 cm³/mol. The summed E-state index contributed by atoms with van der Waals surface area (Å²) in [6, 6.07) is 5.10. The van der Waals surface area contributed by atoms with E-state index in [0.29, 0.717) is 12.5 Å². The molecule has 0 amide bonds. The molecular formula is C9H10N4. The standard InChI is InChI=1S/C9H10N4/c1-7(2)6-13-9(5-12)8(3-10)4-11/h7,13H,6H2,1-2H3. The molecule has 0 rings (SSSR count). The molecular weight excluding hydrogens is 164 g/mol. The summed E-state index contributed by atoms with van der Waals surface area (Å²) < 4.78 is 0. The van der Waals surface area contributed by atoms with Gasteiger partial charge in [-0.05, 0) is 5.92 Å². The van der Waals surface area contributed by atoms with Crippen LogP contribution in [0.2, 0.25) is 0 Å². The summed E-state index contributed by atoms with van der Waals surface area (Å²) in [5, 5.41) is 28.3. The van der Waals surface area contributed by atoms with E-state index in [4.69, 9.17) is 15.8 Å². The van der Waals surface area contributed by atoms with Crippen molar-refractivity contribution in [3.8, 4) is 18.2 Å². The Morgan fingerprint density at radius 3 is 2.00 bits per heavy atom. The lowest BCUT2D eigenvalue weighted by molar-refractivity contribution is 0.602. The zero-order valence-electron chi connectivity index (χ0n) is 7.63. The maximum absolute atomic E-state index is 8.60. The Morgan fingerprint density at radius 2 is 1.69 bits per heavy atom. The molecule has 0 radical (unpaired) electrons. The first-order chi connectivity index (χ1) is 6.15. The molecule has 0 aromatic carbocycles. The summed E-state index contributed by atoms with van der Waals surface area (Å²) in [4.78, 5) is 0. The molecule has 0 unspecified atom stereocenters. The molecule has 4 nitrogen and oxygen atoms in total. The van der Waals surface area contributed by atoms with E-state index < -0.39 is 0 Å². The fraction of sp³-hybridized carbons (Fsp3) is 0.444. The van der Waals surface area contributed by atoms with E-state index in [1.54, 1.807) is 18.2 Å². The number of rotatable bonds is 3. The van der Waals surface area contributed by atoms with Gasteiger partial charge in [0.05, 0.1) is 0 Å². The van der Waals surface area contributed by atoms with Crippen LogP contribution in [0.3, 0.4) is 0 Å². The second-order valence-electron chi connectivity index (χ2n) is 2.86. The van der Waals surface area contributed by atoms with Crippen LogP contribution >= 0.6 is 0 Å². The van der Waals surface area contributed by atoms with Gasteiger partial charge in [-0.1, -0.05) is 13.8 Å². The van der Waals surface area contributed by atoms with Gasteiger partial charge in [-0.25, -0.2) is 0 Å². The van der Waals surface area contributed by atoms with E-state index in [0.717, 1.165) is 0 Å². The quantitative estimate of drug-likeness (QED) is 0.648. The third-order valence-corrected chi connectivity index (χ3v) is 1.27. The minimum Gasteiger partial charge on any atom is -0.375 e. The third-order valence-electron chi connectivity index (χ3n) is 1.27. The predicted octanol–water partition coefficient (Wildman–Crippen LogP) is 1.06. The topological polar surface area (TPSA) is 83.4 Å². The summed E-state index contributed by atoms with van der Waals surface area (Å²) >= 11 is 0. The number of nitrogens with zero attached hydrogens (tertiary/aromatic N) is 3. The van der Waals surface area contributed by atoms with E-state index in [1.807, 2.05) is 13.8 Å². The Balaban J connectivity index is 4.56.